The van der Waals surface area contributed by atoms with Gasteiger partial charge in [-0.05, 0) is 38.6 Å². The number of carbonyl (C=O) groups is 1. The Hall–Kier alpha value is -0.410. The van der Waals surface area contributed by atoms with E-state index >= 15 is 0 Å². The summed E-state index contributed by atoms with van der Waals surface area (Å²) in [5.41, 5.74) is 0. The second kappa shape index (κ2) is 3.79. The van der Waals surface area contributed by atoms with Crippen LogP contribution in [-0.2, 0) is 4.79 Å². The molecule has 4 atom stereocenters. The van der Waals surface area contributed by atoms with Gasteiger partial charge in [-0.3, -0.25) is 14.6 Å². The van der Waals surface area contributed by atoms with Gasteiger partial charge >= 0.3 is 0 Å². The molecule has 0 aliphatic carbocycles. The van der Waals surface area contributed by atoms with E-state index in [1.165, 1.54) is 45.2 Å². The summed E-state index contributed by atoms with van der Waals surface area (Å²) in [6, 6.07) is 2.81. The Kier molecular flexibility index (Phi) is 2.34. The predicted octanol–water partition coefficient (Wildman–Crippen LogP) is 1.42. The number of hydrogen-bond acceptors (Lipinski definition) is 3. The summed E-state index contributed by atoms with van der Waals surface area (Å²) in [6.07, 6.45) is 8.39. The van der Waals surface area contributed by atoms with E-state index in [2.05, 4.69) is 9.80 Å². The van der Waals surface area contributed by atoms with Crippen molar-refractivity contribution in [1.82, 2.24) is 9.80 Å². The van der Waals surface area contributed by atoms with Crippen molar-refractivity contribution in [3.05, 3.63) is 0 Å². The van der Waals surface area contributed by atoms with Crippen molar-refractivity contribution in [2.75, 3.05) is 13.1 Å². The Morgan fingerprint density at radius 3 is 2.41 bits per heavy atom. The molecule has 0 aromatic rings. The van der Waals surface area contributed by atoms with Crippen molar-refractivity contribution in [1.29, 1.82) is 0 Å². The van der Waals surface area contributed by atoms with E-state index in [-0.39, 0.29) is 0 Å². The summed E-state index contributed by atoms with van der Waals surface area (Å²) in [6.45, 7) is 2.63. The van der Waals surface area contributed by atoms with Gasteiger partial charge in [0.1, 0.15) is 5.78 Å². The smallest absolute Gasteiger partial charge is 0.136 e. The number of Topliss-reactive ketones (excluding diaryl/α,β-unsaturated/α-hetero) is 1. The third-order valence-electron chi connectivity index (χ3n) is 5.56. The van der Waals surface area contributed by atoms with Crippen LogP contribution in [0.4, 0.5) is 0 Å². The van der Waals surface area contributed by atoms with E-state index in [0.29, 0.717) is 17.9 Å². The monoisotopic (exact) mass is 234 g/mol. The van der Waals surface area contributed by atoms with Gasteiger partial charge in [0.2, 0.25) is 0 Å². The third-order valence-corrected chi connectivity index (χ3v) is 5.56. The average Bonchev–Trinajstić information content (AvgIpc) is 2.93. The number of ketones is 1. The normalized spacial score (nSPS) is 46.7. The van der Waals surface area contributed by atoms with Crippen LogP contribution in [0.3, 0.4) is 0 Å². The Balaban J connectivity index is 1.57. The summed E-state index contributed by atoms with van der Waals surface area (Å²) in [5, 5.41) is 0. The number of piperidine rings is 1. The van der Waals surface area contributed by atoms with Gasteiger partial charge < -0.3 is 0 Å². The highest BCUT2D eigenvalue weighted by atomic mass is 16.1. The van der Waals surface area contributed by atoms with Gasteiger partial charge in [-0.2, -0.15) is 0 Å². The SMILES string of the molecule is O=C1CC2CCC(C1)N2C1CCN2CCCC12. The molecule has 17 heavy (non-hydrogen) atoms. The molecular formula is C14H22N2O. The zero-order valence-corrected chi connectivity index (χ0v) is 10.5. The van der Waals surface area contributed by atoms with Crippen LogP contribution in [0.5, 0.6) is 0 Å². The summed E-state index contributed by atoms with van der Waals surface area (Å²) < 4.78 is 0. The Bertz CT molecular complexity index is 327. The quantitative estimate of drug-likeness (QED) is 0.685. The molecular weight excluding hydrogens is 212 g/mol. The maximum Gasteiger partial charge on any atom is 0.136 e. The number of carbonyl (C=O) groups excluding carboxylic acids is 1. The minimum absolute atomic E-state index is 0.523. The fraction of sp³-hybridized carbons (Fsp3) is 0.929. The number of rotatable bonds is 1. The molecule has 4 aliphatic heterocycles. The molecule has 0 saturated carbocycles. The van der Waals surface area contributed by atoms with Crippen LogP contribution in [0.25, 0.3) is 0 Å². The Morgan fingerprint density at radius 1 is 0.882 bits per heavy atom. The molecule has 4 rings (SSSR count). The fourth-order valence-electron chi connectivity index (χ4n) is 4.95. The van der Waals surface area contributed by atoms with Gasteiger partial charge in [0, 0.05) is 43.6 Å². The molecule has 0 aromatic carbocycles. The highest BCUT2D eigenvalue weighted by Crippen LogP contribution is 2.41. The third kappa shape index (κ3) is 1.52. The molecule has 3 nitrogen and oxygen atoms in total. The predicted molar refractivity (Wildman–Crippen MR) is 65.9 cm³/mol. The first-order valence-corrected chi connectivity index (χ1v) is 7.36. The van der Waals surface area contributed by atoms with E-state index in [1.807, 2.05) is 0 Å². The van der Waals surface area contributed by atoms with E-state index in [0.717, 1.165) is 24.9 Å². The van der Waals surface area contributed by atoms with Crippen LogP contribution in [0, 0.1) is 0 Å². The minimum Gasteiger partial charge on any atom is -0.300 e. The van der Waals surface area contributed by atoms with Crippen LogP contribution in [0.15, 0.2) is 0 Å². The average molecular weight is 234 g/mol. The summed E-state index contributed by atoms with van der Waals surface area (Å²) in [4.78, 5) is 17.1. The van der Waals surface area contributed by atoms with Crippen molar-refractivity contribution in [3.8, 4) is 0 Å². The van der Waals surface area contributed by atoms with E-state index in [4.69, 9.17) is 0 Å². The van der Waals surface area contributed by atoms with Gasteiger partial charge in [0.15, 0.2) is 0 Å². The van der Waals surface area contributed by atoms with Gasteiger partial charge in [-0.15, -0.1) is 0 Å². The lowest BCUT2D eigenvalue weighted by molar-refractivity contribution is -0.124. The summed E-state index contributed by atoms with van der Waals surface area (Å²) >= 11 is 0. The van der Waals surface area contributed by atoms with Gasteiger partial charge in [-0.25, -0.2) is 0 Å². The maximum atomic E-state index is 11.7. The van der Waals surface area contributed by atoms with Crippen LogP contribution in [0.2, 0.25) is 0 Å². The molecule has 0 radical (unpaired) electrons. The first-order chi connectivity index (χ1) is 8.33. The largest absolute Gasteiger partial charge is 0.300 e. The first kappa shape index (κ1) is 10.5. The highest BCUT2D eigenvalue weighted by molar-refractivity contribution is 5.81. The Morgan fingerprint density at radius 2 is 1.65 bits per heavy atom. The second-order valence-electron chi connectivity index (χ2n) is 6.38. The summed E-state index contributed by atoms with van der Waals surface area (Å²) in [7, 11) is 0. The molecule has 4 heterocycles. The molecule has 94 valence electrons. The number of fused-ring (bicyclic) bond motifs is 3. The first-order valence-electron chi connectivity index (χ1n) is 7.36. The molecule has 0 spiro atoms. The van der Waals surface area contributed by atoms with E-state index in [9.17, 15) is 4.79 Å². The van der Waals surface area contributed by atoms with Gasteiger partial charge in [-0.1, -0.05) is 0 Å². The number of nitrogens with zero attached hydrogens (tertiary/aromatic N) is 2. The summed E-state index contributed by atoms with van der Waals surface area (Å²) in [5.74, 6) is 0.523. The topological polar surface area (TPSA) is 23.6 Å². The van der Waals surface area contributed by atoms with Crippen molar-refractivity contribution >= 4 is 5.78 Å². The fourth-order valence-corrected chi connectivity index (χ4v) is 4.95. The van der Waals surface area contributed by atoms with Crippen molar-refractivity contribution < 1.29 is 4.79 Å². The minimum atomic E-state index is 0.523. The highest BCUT2D eigenvalue weighted by Gasteiger charge is 2.49. The zero-order chi connectivity index (χ0) is 11.4. The van der Waals surface area contributed by atoms with E-state index < -0.39 is 0 Å². The standard InChI is InChI=1S/C14H22N2O/c17-12-8-10-3-4-11(9-12)16(10)14-5-7-15-6-1-2-13(14)15/h10-11,13-14H,1-9H2. The molecule has 4 aliphatic rings. The lowest BCUT2D eigenvalue weighted by Gasteiger charge is -2.41. The van der Waals surface area contributed by atoms with Crippen LogP contribution in [0.1, 0.15) is 44.9 Å². The van der Waals surface area contributed by atoms with E-state index in [1.54, 1.807) is 0 Å². The molecule has 4 fully saturated rings. The van der Waals surface area contributed by atoms with Crippen molar-refractivity contribution in [2.24, 2.45) is 0 Å². The zero-order valence-electron chi connectivity index (χ0n) is 10.5. The van der Waals surface area contributed by atoms with Crippen LogP contribution < -0.4 is 0 Å². The van der Waals surface area contributed by atoms with Crippen molar-refractivity contribution in [2.45, 2.75) is 69.1 Å². The number of hydrogen-bond donors (Lipinski definition) is 0. The molecule has 0 amide bonds. The van der Waals surface area contributed by atoms with Gasteiger partial charge in [0.05, 0.1) is 0 Å². The second-order valence-corrected chi connectivity index (χ2v) is 6.38. The molecule has 0 aromatic heterocycles. The molecule has 2 bridgehead atoms. The lowest BCUT2D eigenvalue weighted by atomic mass is 9.95. The molecule has 3 heteroatoms. The molecule has 4 unspecified atom stereocenters. The Labute approximate surface area is 103 Å². The van der Waals surface area contributed by atoms with Gasteiger partial charge in [0.25, 0.3) is 0 Å². The maximum absolute atomic E-state index is 11.7. The van der Waals surface area contributed by atoms with Crippen molar-refractivity contribution in [3.63, 3.8) is 0 Å². The molecule has 4 saturated heterocycles. The van der Waals surface area contributed by atoms with Crippen LogP contribution >= 0.6 is 0 Å². The van der Waals surface area contributed by atoms with Crippen LogP contribution in [-0.4, -0.2) is 52.8 Å². The molecule has 0 N–H and O–H groups in total. The lowest BCUT2D eigenvalue weighted by Crippen LogP contribution is -2.52.